The molecule has 1 amide bonds. The Morgan fingerprint density at radius 1 is 1.14 bits per heavy atom. The number of nitrogens with zero attached hydrogens (tertiary/aromatic N) is 2. The fraction of sp³-hybridized carbons (Fsp3) is 0.240. The van der Waals surface area contributed by atoms with E-state index in [9.17, 15) is 23.1 Å². The van der Waals surface area contributed by atoms with E-state index >= 15 is 0 Å². The molecule has 4 N–H and O–H groups in total. The van der Waals surface area contributed by atoms with E-state index < -0.39 is 29.9 Å². The van der Waals surface area contributed by atoms with Crippen molar-refractivity contribution in [1.82, 2.24) is 15.3 Å². The smallest absolute Gasteiger partial charge is 0.433 e. The third-order valence-electron chi connectivity index (χ3n) is 5.53. The molecular formula is C25H23F3N4O4. The van der Waals surface area contributed by atoms with Gasteiger partial charge >= 0.3 is 6.18 Å². The SMILES string of the molecule is COc1ccc(-c2nc(C(=O)N[C@H](CO)c3ccccc3)c(C(C)N)o2)c2ccc(C(F)(F)F)nc12. The first-order valence-corrected chi connectivity index (χ1v) is 10.9. The Hall–Kier alpha value is -3.96. The van der Waals surface area contributed by atoms with Gasteiger partial charge in [0.2, 0.25) is 5.89 Å². The number of nitrogens with two attached hydrogens (primary N) is 1. The third-order valence-corrected chi connectivity index (χ3v) is 5.53. The molecule has 8 nitrogen and oxygen atoms in total. The van der Waals surface area contributed by atoms with Crippen LogP contribution < -0.4 is 15.8 Å². The number of nitrogens with one attached hydrogen (secondary N) is 1. The molecule has 0 spiro atoms. The fourth-order valence-corrected chi connectivity index (χ4v) is 3.77. The predicted molar refractivity (Wildman–Crippen MR) is 125 cm³/mol. The van der Waals surface area contributed by atoms with Crippen LogP contribution in [-0.4, -0.2) is 34.7 Å². The minimum atomic E-state index is -4.65. The number of hydrogen-bond donors (Lipinski definition) is 3. The first-order chi connectivity index (χ1) is 17.1. The van der Waals surface area contributed by atoms with Gasteiger partial charge in [0.05, 0.1) is 25.8 Å². The summed E-state index contributed by atoms with van der Waals surface area (Å²) < 4.78 is 50.8. The van der Waals surface area contributed by atoms with E-state index in [1.54, 1.807) is 37.3 Å². The number of ether oxygens (including phenoxy) is 1. The zero-order chi connectivity index (χ0) is 26.0. The highest BCUT2D eigenvalue weighted by atomic mass is 19.4. The highest BCUT2D eigenvalue weighted by Gasteiger charge is 2.33. The number of aromatic nitrogens is 2. The van der Waals surface area contributed by atoms with E-state index in [0.29, 0.717) is 11.1 Å². The summed E-state index contributed by atoms with van der Waals surface area (Å²) in [4.78, 5) is 21.2. The number of hydrogen-bond acceptors (Lipinski definition) is 7. The van der Waals surface area contributed by atoms with Gasteiger partial charge < -0.3 is 25.3 Å². The summed E-state index contributed by atoms with van der Waals surface area (Å²) >= 11 is 0. The van der Waals surface area contributed by atoms with Crippen molar-refractivity contribution < 1.29 is 32.2 Å². The lowest BCUT2D eigenvalue weighted by molar-refractivity contribution is -0.140. The summed E-state index contributed by atoms with van der Waals surface area (Å²) in [6, 6.07) is 12.5. The Balaban J connectivity index is 1.78. The number of benzene rings is 2. The topological polar surface area (TPSA) is 124 Å². The van der Waals surface area contributed by atoms with Gasteiger partial charge in [0.25, 0.3) is 5.91 Å². The second-order valence-corrected chi connectivity index (χ2v) is 8.05. The zero-order valence-electron chi connectivity index (χ0n) is 19.3. The van der Waals surface area contributed by atoms with Gasteiger partial charge in [-0.2, -0.15) is 13.2 Å². The van der Waals surface area contributed by atoms with Gasteiger partial charge in [-0.15, -0.1) is 0 Å². The molecule has 0 aliphatic heterocycles. The predicted octanol–water partition coefficient (Wildman–Crippen LogP) is 4.40. The monoisotopic (exact) mass is 500 g/mol. The van der Waals surface area contributed by atoms with Crippen LogP contribution in [0.3, 0.4) is 0 Å². The molecule has 2 atom stereocenters. The van der Waals surface area contributed by atoms with Crippen molar-refractivity contribution in [1.29, 1.82) is 0 Å². The molecule has 0 radical (unpaired) electrons. The molecule has 0 aliphatic rings. The maximum absolute atomic E-state index is 13.3. The zero-order valence-corrected chi connectivity index (χ0v) is 19.3. The molecule has 0 saturated carbocycles. The number of carbonyl (C=O) groups is 1. The van der Waals surface area contributed by atoms with Crippen LogP contribution in [0, 0.1) is 0 Å². The summed E-state index contributed by atoms with van der Waals surface area (Å²) in [6.45, 7) is 1.25. The lowest BCUT2D eigenvalue weighted by atomic mass is 10.1. The molecule has 2 aromatic carbocycles. The van der Waals surface area contributed by atoms with Crippen molar-refractivity contribution >= 4 is 16.8 Å². The van der Waals surface area contributed by atoms with Crippen molar-refractivity contribution in [2.75, 3.05) is 13.7 Å². The Morgan fingerprint density at radius 2 is 1.86 bits per heavy atom. The van der Waals surface area contributed by atoms with Gasteiger partial charge in [0.1, 0.15) is 17.0 Å². The van der Waals surface area contributed by atoms with Crippen molar-refractivity contribution in [3.8, 4) is 17.2 Å². The van der Waals surface area contributed by atoms with Gasteiger partial charge in [0, 0.05) is 10.9 Å². The molecule has 4 aromatic rings. The number of halogens is 3. The standard InChI is InChI=1S/C25H23F3N4O4/c1-13(29)22-21(23(34)30-17(12-33)14-6-4-3-5-7-14)32-24(36-22)16-8-10-18(35-2)20-15(16)9-11-19(31-20)25(26,27)28/h3-11,13,17,33H,12,29H2,1-2H3,(H,30,34)/t13?,17-/m1/s1. The number of rotatable bonds is 7. The maximum Gasteiger partial charge on any atom is 0.433 e. The number of aliphatic hydroxyl groups excluding tert-OH is 1. The Morgan fingerprint density at radius 3 is 2.47 bits per heavy atom. The Labute approximate surface area is 203 Å². The van der Waals surface area contributed by atoms with E-state index in [0.717, 1.165) is 6.07 Å². The minimum Gasteiger partial charge on any atom is -0.494 e. The van der Waals surface area contributed by atoms with Gasteiger partial charge in [-0.05, 0) is 36.8 Å². The van der Waals surface area contributed by atoms with Crippen molar-refractivity contribution in [2.24, 2.45) is 5.73 Å². The molecule has 188 valence electrons. The largest absolute Gasteiger partial charge is 0.494 e. The molecule has 1 unspecified atom stereocenters. The van der Waals surface area contributed by atoms with E-state index in [1.807, 2.05) is 6.07 Å². The van der Waals surface area contributed by atoms with Crippen LogP contribution in [0.25, 0.3) is 22.4 Å². The van der Waals surface area contributed by atoms with Crippen molar-refractivity contribution in [3.63, 3.8) is 0 Å². The molecule has 0 aliphatic carbocycles. The van der Waals surface area contributed by atoms with E-state index in [4.69, 9.17) is 14.9 Å². The normalized spacial score (nSPS) is 13.4. The molecule has 4 rings (SSSR count). The summed E-state index contributed by atoms with van der Waals surface area (Å²) in [5, 5.41) is 12.8. The molecule has 0 saturated heterocycles. The minimum absolute atomic E-state index is 0.0260. The number of fused-ring (bicyclic) bond motifs is 1. The summed E-state index contributed by atoms with van der Waals surface area (Å²) in [6.07, 6.45) is -4.65. The van der Waals surface area contributed by atoms with E-state index in [-0.39, 0.29) is 40.6 Å². The molecule has 36 heavy (non-hydrogen) atoms. The lowest BCUT2D eigenvalue weighted by Gasteiger charge is -2.16. The number of amides is 1. The summed E-state index contributed by atoms with van der Waals surface area (Å²) in [7, 11) is 1.32. The molecule has 2 heterocycles. The first-order valence-electron chi connectivity index (χ1n) is 10.9. The van der Waals surface area contributed by atoms with Crippen LogP contribution >= 0.6 is 0 Å². The highest BCUT2D eigenvalue weighted by Crippen LogP contribution is 2.37. The fourth-order valence-electron chi connectivity index (χ4n) is 3.77. The van der Waals surface area contributed by atoms with Crippen molar-refractivity contribution in [2.45, 2.75) is 25.2 Å². The van der Waals surface area contributed by atoms with Crippen LogP contribution in [0.1, 0.15) is 46.5 Å². The summed E-state index contributed by atoms with van der Waals surface area (Å²) in [5.74, 6) is -0.445. The third kappa shape index (κ3) is 4.88. The first kappa shape index (κ1) is 25.1. The molecule has 11 heteroatoms. The quantitative estimate of drug-likeness (QED) is 0.344. The molecule has 0 bridgehead atoms. The van der Waals surface area contributed by atoms with E-state index in [2.05, 4.69) is 15.3 Å². The van der Waals surface area contributed by atoms with Crippen molar-refractivity contribution in [3.05, 3.63) is 77.3 Å². The lowest BCUT2D eigenvalue weighted by Crippen LogP contribution is -2.32. The van der Waals surface area contributed by atoms with Crippen LogP contribution in [-0.2, 0) is 6.18 Å². The van der Waals surface area contributed by atoms with Crippen LogP contribution in [0.2, 0.25) is 0 Å². The average Bonchev–Trinajstić information content (AvgIpc) is 3.32. The van der Waals surface area contributed by atoms with Crippen LogP contribution in [0.5, 0.6) is 5.75 Å². The second kappa shape index (κ2) is 9.96. The molecular weight excluding hydrogens is 477 g/mol. The number of methoxy groups -OCH3 is 1. The number of alkyl halides is 3. The number of oxazole rings is 1. The maximum atomic E-state index is 13.3. The summed E-state index contributed by atoms with van der Waals surface area (Å²) in [5.41, 5.74) is 5.79. The molecule has 2 aromatic heterocycles. The highest BCUT2D eigenvalue weighted by molar-refractivity contribution is 5.98. The van der Waals surface area contributed by atoms with Crippen LogP contribution in [0.15, 0.2) is 59.0 Å². The van der Waals surface area contributed by atoms with Crippen LogP contribution in [0.4, 0.5) is 13.2 Å². The number of pyridine rings is 1. The van der Waals surface area contributed by atoms with Gasteiger partial charge in [0.15, 0.2) is 11.5 Å². The van der Waals surface area contributed by atoms with E-state index in [1.165, 1.54) is 19.2 Å². The Kier molecular flexibility index (Phi) is 6.95. The number of aliphatic hydroxyl groups is 1. The second-order valence-electron chi connectivity index (χ2n) is 8.05. The average molecular weight is 500 g/mol. The molecule has 0 fully saturated rings. The van der Waals surface area contributed by atoms with Gasteiger partial charge in [-0.25, -0.2) is 9.97 Å². The number of carbonyl (C=O) groups excluding carboxylic acids is 1. The van der Waals surface area contributed by atoms with Gasteiger partial charge in [-0.1, -0.05) is 30.3 Å². The Bertz CT molecular complexity index is 1390. The van der Waals surface area contributed by atoms with Gasteiger partial charge in [-0.3, -0.25) is 4.79 Å².